The standard InChI is InChI=1S/C24H28BrNO3.C2H6/c1-27-22-15-18-7-10-21(25)24(20(18)16-23(22)28-2)17-5-8-19(9-6-17)29-14-13-26-11-3-4-12-26;1-2/h5-6,8-9,15-16H,3-4,7,10-14H2,1-2H3;1-2H3. The Kier molecular flexibility index (Phi) is 8.85. The highest BCUT2D eigenvalue weighted by Gasteiger charge is 2.22. The molecule has 1 heterocycles. The zero-order chi connectivity index (χ0) is 22.2. The van der Waals surface area contributed by atoms with Gasteiger partial charge in [0.2, 0.25) is 0 Å². The third kappa shape index (κ3) is 5.64. The minimum absolute atomic E-state index is 0.742. The van der Waals surface area contributed by atoms with Crippen LogP contribution in [0.4, 0.5) is 0 Å². The van der Waals surface area contributed by atoms with Crippen LogP contribution in [0.1, 0.15) is 49.8 Å². The monoisotopic (exact) mass is 487 g/mol. The summed E-state index contributed by atoms with van der Waals surface area (Å²) in [5.74, 6) is 2.46. The van der Waals surface area contributed by atoms with Crippen molar-refractivity contribution in [3.63, 3.8) is 0 Å². The van der Waals surface area contributed by atoms with Crippen molar-refractivity contribution in [3.8, 4) is 17.2 Å². The largest absolute Gasteiger partial charge is 0.493 e. The summed E-state index contributed by atoms with van der Waals surface area (Å²) in [5.41, 5.74) is 4.88. The summed E-state index contributed by atoms with van der Waals surface area (Å²) < 4.78 is 18.2. The number of hydrogen-bond donors (Lipinski definition) is 0. The van der Waals surface area contributed by atoms with E-state index in [1.54, 1.807) is 14.2 Å². The fraction of sp³-hybridized carbons (Fsp3) is 0.462. The van der Waals surface area contributed by atoms with E-state index < -0.39 is 0 Å². The Hall–Kier alpha value is -1.98. The predicted octanol–water partition coefficient (Wildman–Crippen LogP) is 6.31. The van der Waals surface area contributed by atoms with Crippen molar-refractivity contribution in [2.45, 2.75) is 39.5 Å². The van der Waals surface area contributed by atoms with Crippen molar-refractivity contribution < 1.29 is 14.2 Å². The van der Waals surface area contributed by atoms with Crippen molar-refractivity contribution in [2.24, 2.45) is 0 Å². The number of hydrogen-bond acceptors (Lipinski definition) is 4. The van der Waals surface area contributed by atoms with Crippen LogP contribution in [-0.4, -0.2) is 45.4 Å². The second-order valence-electron chi connectivity index (χ2n) is 7.57. The van der Waals surface area contributed by atoms with E-state index in [0.29, 0.717) is 0 Å². The van der Waals surface area contributed by atoms with Gasteiger partial charge in [-0.1, -0.05) is 41.9 Å². The van der Waals surface area contributed by atoms with Gasteiger partial charge in [0.15, 0.2) is 11.5 Å². The van der Waals surface area contributed by atoms with Gasteiger partial charge in [0, 0.05) is 11.0 Å². The first-order valence-electron chi connectivity index (χ1n) is 11.3. The molecule has 0 saturated carbocycles. The molecule has 0 spiro atoms. The number of halogens is 1. The molecule has 1 fully saturated rings. The maximum absolute atomic E-state index is 5.97. The molecule has 2 aromatic carbocycles. The molecule has 2 aromatic rings. The van der Waals surface area contributed by atoms with Crippen LogP contribution in [0.3, 0.4) is 0 Å². The number of likely N-dealkylation sites (tertiary alicyclic amines) is 1. The number of ether oxygens (including phenoxy) is 3. The smallest absolute Gasteiger partial charge is 0.161 e. The van der Waals surface area contributed by atoms with Gasteiger partial charge in [0.25, 0.3) is 0 Å². The van der Waals surface area contributed by atoms with Gasteiger partial charge >= 0.3 is 0 Å². The molecule has 1 aliphatic carbocycles. The quantitative estimate of drug-likeness (QED) is 0.458. The average molecular weight is 488 g/mol. The molecule has 168 valence electrons. The lowest BCUT2D eigenvalue weighted by Gasteiger charge is -2.23. The summed E-state index contributed by atoms with van der Waals surface area (Å²) in [7, 11) is 3.36. The third-order valence-electron chi connectivity index (χ3n) is 5.78. The maximum Gasteiger partial charge on any atom is 0.161 e. The van der Waals surface area contributed by atoms with Gasteiger partial charge in [-0.05, 0) is 85.3 Å². The molecule has 5 heteroatoms. The molecule has 0 aromatic heterocycles. The molecule has 2 aliphatic rings. The summed E-state index contributed by atoms with van der Waals surface area (Å²) in [6, 6.07) is 12.6. The lowest BCUT2D eigenvalue weighted by atomic mass is 9.86. The number of methoxy groups -OCH3 is 2. The first-order chi connectivity index (χ1) is 15.2. The first kappa shape index (κ1) is 23.7. The van der Waals surface area contributed by atoms with E-state index in [0.717, 1.165) is 43.2 Å². The van der Waals surface area contributed by atoms with Gasteiger partial charge in [0.05, 0.1) is 14.2 Å². The van der Waals surface area contributed by atoms with Crippen LogP contribution in [-0.2, 0) is 6.42 Å². The van der Waals surface area contributed by atoms with Gasteiger partial charge in [-0.3, -0.25) is 4.90 Å². The predicted molar refractivity (Wildman–Crippen MR) is 132 cm³/mol. The molecular formula is C26H34BrNO3. The van der Waals surface area contributed by atoms with Gasteiger partial charge in [-0.25, -0.2) is 0 Å². The van der Waals surface area contributed by atoms with Crippen molar-refractivity contribution >= 4 is 21.5 Å². The second kappa shape index (κ2) is 11.6. The normalized spacial score (nSPS) is 15.8. The van der Waals surface area contributed by atoms with Gasteiger partial charge in [-0.2, -0.15) is 0 Å². The van der Waals surface area contributed by atoms with E-state index >= 15 is 0 Å². The Morgan fingerprint density at radius 2 is 1.55 bits per heavy atom. The molecule has 1 aliphatic heterocycles. The molecule has 0 bridgehead atoms. The molecule has 0 amide bonds. The zero-order valence-electron chi connectivity index (χ0n) is 19.2. The third-order valence-corrected chi connectivity index (χ3v) is 6.57. The summed E-state index contributed by atoms with van der Waals surface area (Å²) in [6.07, 6.45) is 4.59. The van der Waals surface area contributed by atoms with Crippen LogP contribution >= 0.6 is 15.9 Å². The van der Waals surface area contributed by atoms with Crippen molar-refractivity contribution in [1.29, 1.82) is 0 Å². The summed E-state index contributed by atoms with van der Waals surface area (Å²) in [6.45, 7) is 8.16. The fourth-order valence-electron chi connectivity index (χ4n) is 4.20. The van der Waals surface area contributed by atoms with Crippen LogP contribution in [0.2, 0.25) is 0 Å². The molecule has 0 atom stereocenters. The number of fused-ring (bicyclic) bond motifs is 1. The van der Waals surface area contributed by atoms with E-state index in [-0.39, 0.29) is 0 Å². The van der Waals surface area contributed by atoms with E-state index in [2.05, 4.69) is 57.2 Å². The molecule has 0 unspecified atom stereocenters. The van der Waals surface area contributed by atoms with Crippen LogP contribution in [0.15, 0.2) is 40.9 Å². The number of benzene rings is 2. The van der Waals surface area contributed by atoms with E-state index in [1.165, 1.54) is 52.7 Å². The highest BCUT2D eigenvalue weighted by Crippen LogP contribution is 2.43. The van der Waals surface area contributed by atoms with Gasteiger partial charge in [0.1, 0.15) is 12.4 Å². The van der Waals surface area contributed by atoms with Crippen LogP contribution in [0.5, 0.6) is 17.2 Å². The minimum atomic E-state index is 0.742. The summed E-state index contributed by atoms with van der Waals surface area (Å²) in [4.78, 5) is 2.47. The number of allylic oxidation sites excluding steroid dienone is 1. The first-order valence-corrected chi connectivity index (χ1v) is 12.1. The molecular weight excluding hydrogens is 454 g/mol. The number of aryl methyl sites for hydroxylation is 1. The number of nitrogens with zero attached hydrogens (tertiary/aromatic N) is 1. The van der Waals surface area contributed by atoms with Gasteiger partial charge < -0.3 is 14.2 Å². The Morgan fingerprint density at radius 1 is 0.903 bits per heavy atom. The lowest BCUT2D eigenvalue weighted by molar-refractivity contribution is 0.238. The SMILES string of the molecule is CC.COc1cc2c(cc1OC)C(c1ccc(OCCN3CCCC3)cc1)=C(Br)CC2. The molecule has 4 nitrogen and oxygen atoms in total. The van der Waals surface area contributed by atoms with Crippen molar-refractivity contribution in [3.05, 3.63) is 57.6 Å². The minimum Gasteiger partial charge on any atom is -0.493 e. The Morgan fingerprint density at radius 3 is 2.19 bits per heavy atom. The molecule has 31 heavy (non-hydrogen) atoms. The molecule has 4 rings (SSSR count). The van der Waals surface area contributed by atoms with E-state index in [4.69, 9.17) is 14.2 Å². The lowest BCUT2D eigenvalue weighted by Crippen LogP contribution is -2.25. The number of rotatable bonds is 7. The topological polar surface area (TPSA) is 30.9 Å². The summed E-state index contributed by atoms with van der Waals surface area (Å²) in [5, 5.41) is 0. The van der Waals surface area contributed by atoms with Crippen molar-refractivity contribution in [2.75, 3.05) is 40.5 Å². The molecule has 0 N–H and O–H groups in total. The highest BCUT2D eigenvalue weighted by molar-refractivity contribution is 9.11. The van der Waals surface area contributed by atoms with Crippen LogP contribution < -0.4 is 14.2 Å². The Labute approximate surface area is 195 Å². The second-order valence-corrected chi connectivity index (χ2v) is 8.52. The van der Waals surface area contributed by atoms with Crippen molar-refractivity contribution in [1.82, 2.24) is 4.90 Å². The maximum atomic E-state index is 5.97. The van der Waals surface area contributed by atoms with E-state index in [1.807, 2.05) is 13.8 Å². The fourth-order valence-corrected chi connectivity index (χ4v) is 4.85. The summed E-state index contributed by atoms with van der Waals surface area (Å²) >= 11 is 3.81. The van der Waals surface area contributed by atoms with E-state index in [9.17, 15) is 0 Å². The molecule has 0 radical (unpaired) electrons. The van der Waals surface area contributed by atoms with Crippen LogP contribution in [0.25, 0.3) is 5.57 Å². The average Bonchev–Trinajstić information content (AvgIpc) is 3.33. The zero-order valence-corrected chi connectivity index (χ0v) is 20.8. The molecule has 1 saturated heterocycles. The Balaban J connectivity index is 0.00000132. The van der Waals surface area contributed by atoms with Gasteiger partial charge in [-0.15, -0.1) is 0 Å². The Bertz CT molecular complexity index is 886. The highest BCUT2D eigenvalue weighted by atomic mass is 79.9. The van der Waals surface area contributed by atoms with Crippen LogP contribution in [0, 0.1) is 0 Å².